The van der Waals surface area contributed by atoms with Crippen LogP contribution >= 0.6 is 0 Å². The quantitative estimate of drug-likeness (QED) is 0.255. The molecule has 2 aromatic rings. The second-order valence-corrected chi connectivity index (χ2v) is 10.3. The summed E-state index contributed by atoms with van der Waals surface area (Å²) in [4.78, 5) is 23.1. The maximum atomic E-state index is 14.8. The van der Waals surface area contributed by atoms with E-state index in [2.05, 4.69) is 10.1 Å². The summed E-state index contributed by atoms with van der Waals surface area (Å²) in [7, 11) is 0. The average molecular weight is 530 g/mol. The Kier molecular flexibility index (Phi) is 9.82. The lowest BCUT2D eigenvalue weighted by molar-refractivity contribution is -0.205. The van der Waals surface area contributed by atoms with Crippen molar-refractivity contribution in [1.82, 2.24) is 5.32 Å². The predicted octanol–water partition coefficient (Wildman–Crippen LogP) is 6.16. The van der Waals surface area contributed by atoms with E-state index in [0.717, 1.165) is 30.5 Å². The minimum Gasteiger partial charge on any atom is -0.481 e. The summed E-state index contributed by atoms with van der Waals surface area (Å²) in [6.07, 6.45) is -5.30. The number of esters is 1. The highest BCUT2D eigenvalue weighted by Gasteiger charge is 2.43. The number of hydrogen-bond donors (Lipinski definition) is 2. The molecule has 0 unspecified atom stereocenters. The number of aliphatic carboxylic acids is 1. The Balaban J connectivity index is 2.27. The smallest absolute Gasteiger partial charge is 0.481 e. The number of carbonyl (C=O) groups is 2. The van der Waals surface area contributed by atoms with Gasteiger partial charge in [-0.2, -0.15) is 13.2 Å². The molecule has 0 saturated carbocycles. The van der Waals surface area contributed by atoms with Crippen molar-refractivity contribution < 1.29 is 41.4 Å². The molecular formula is C27H32F5NO4. The van der Waals surface area contributed by atoms with Gasteiger partial charge in [0.15, 0.2) is 11.6 Å². The average Bonchev–Trinajstić information content (AvgIpc) is 2.78. The molecule has 0 spiro atoms. The van der Waals surface area contributed by atoms with Gasteiger partial charge in [-0.3, -0.25) is 4.79 Å². The van der Waals surface area contributed by atoms with Crippen LogP contribution < -0.4 is 5.32 Å². The number of alkyl halides is 3. The molecule has 0 bridgehead atoms. The lowest BCUT2D eigenvalue weighted by Gasteiger charge is -2.30. The van der Waals surface area contributed by atoms with E-state index >= 15 is 0 Å². The summed E-state index contributed by atoms with van der Waals surface area (Å²) in [6, 6.07) is 11.5. The fraction of sp³-hybridized carbons (Fsp3) is 0.481. The van der Waals surface area contributed by atoms with Gasteiger partial charge in [0.05, 0.1) is 5.41 Å². The maximum Gasteiger partial charge on any atom is 0.490 e. The number of halogens is 5. The minimum atomic E-state index is -5.35. The largest absolute Gasteiger partial charge is 0.490 e. The Bertz CT molecular complexity index is 1080. The zero-order valence-electron chi connectivity index (χ0n) is 21.2. The molecule has 5 nitrogen and oxygen atoms in total. The number of rotatable bonds is 12. The van der Waals surface area contributed by atoms with Crippen LogP contribution in [0.2, 0.25) is 0 Å². The second-order valence-electron chi connectivity index (χ2n) is 10.3. The number of carboxylic acids is 1. The first-order chi connectivity index (χ1) is 17.0. The van der Waals surface area contributed by atoms with Crippen molar-refractivity contribution in [2.45, 2.75) is 71.2 Å². The standard InChI is InChI=1S/C27H32F5NO4/c1-25(2,23(34)35)15-18-13-19(22(29)20(28)14-18)21(37-24(36)27(30,31)32)16-33-26(3,4)12-8-11-17-9-6-5-7-10-17/h5-7,9-10,13-14,21,33H,8,11-12,15-16H2,1-4H3,(H,34,35)/t21-/m1/s1. The summed E-state index contributed by atoms with van der Waals surface area (Å²) in [5.41, 5.74) is -1.46. The van der Waals surface area contributed by atoms with Crippen LogP contribution in [-0.2, 0) is 27.2 Å². The van der Waals surface area contributed by atoms with E-state index in [1.807, 2.05) is 30.3 Å². The first-order valence-electron chi connectivity index (χ1n) is 11.8. The van der Waals surface area contributed by atoms with E-state index in [1.54, 1.807) is 13.8 Å². The third kappa shape index (κ3) is 9.10. The van der Waals surface area contributed by atoms with Crippen molar-refractivity contribution in [2.24, 2.45) is 5.41 Å². The normalized spacial score (nSPS) is 13.3. The minimum absolute atomic E-state index is 0.0384. The number of hydrogen-bond acceptors (Lipinski definition) is 4. The van der Waals surface area contributed by atoms with Gasteiger partial charge in [-0.05, 0) is 76.6 Å². The number of aryl methyl sites for hydroxylation is 1. The number of nitrogens with one attached hydrogen (secondary N) is 1. The van der Waals surface area contributed by atoms with Gasteiger partial charge in [0.25, 0.3) is 0 Å². The molecule has 0 saturated heterocycles. The summed E-state index contributed by atoms with van der Waals surface area (Å²) in [5, 5.41) is 12.4. The van der Waals surface area contributed by atoms with E-state index < -0.39 is 58.9 Å². The van der Waals surface area contributed by atoms with Crippen molar-refractivity contribution >= 4 is 11.9 Å². The Hall–Kier alpha value is -3.01. The maximum absolute atomic E-state index is 14.8. The molecule has 0 radical (unpaired) electrons. The lowest BCUT2D eigenvalue weighted by atomic mass is 9.85. The highest BCUT2D eigenvalue weighted by Crippen LogP contribution is 2.31. The van der Waals surface area contributed by atoms with E-state index in [-0.39, 0.29) is 12.0 Å². The van der Waals surface area contributed by atoms with Crippen LogP contribution in [-0.4, -0.2) is 35.3 Å². The molecule has 0 aliphatic carbocycles. The summed E-state index contributed by atoms with van der Waals surface area (Å²) >= 11 is 0. The van der Waals surface area contributed by atoms with Gasteiger partial charge in [0.1, 0.15) is 6.10 Å². The van der Waals surface area contributed by atoms with Crippen molar-refractivity contribution in [3.05, 3.63) is 70.8 Å². The highest BCUT2D eigenvalue weighted by molar-refractivity contribution is 5.76. The molecule has 0 amide bonds. The molecule has 2 aromatic carbocycles. The monoisotopic (exact) mass is 529 g/mol. The van der Waals surface area contributed by atoms with Gasteiger partial charge in [-0.15, -0.1) is 0 Å². The first kappa shape index (κ1) is 30.2. The lowest BCUT2D eigenvalue weighted by Crippen LogP contribution is -2.43. The van der Waals surface area contributed by atoms with E-state index in [0.29, 0.717) is 6.42 Å². The summed E-state index contributed by atoms with van der Waals surface area (Å²) in [6.45, 7) is 5.91. The molecule has 204 valence electrons. The summed E-state index contributed by atoms with van der Waals surface area (Å²) in [5.74, 6) is -6.60. The Morgan fingerprint density at radius 3 is 2.19 bits per heavy atom. The number of carboxylic acid groups (broad SMARTS) is 1. The van der Waals surface area contributed by atoms with E-state index in [1.165, 1.54) is 13.8 Å². The Morgan fingerprint density at radius 2 is 1.62 bits per heavy atom. The van der Waals surface area contributed by atoms with Crippen molar-refractivity contribution in [3.63, 3.8) is 0 Å². The van der Waals surface area contributed by atoms with Gasteiger partial charge in [-0.25, -0.2) is 13.6 Å². The zero-order valence-corrected chi connectivity index (χ0v) is 21.2. The van der Waals surface area contributed by atoms with Crippen LogP contribution in [0.15, 0.2) is 42.5 Å². The highest BCUT2D eigenvalue weighted by atomic mass is 19.4. The van der Waals surface area contributed by atoms with Crippen LogP contribution in [0.3, 0.4) is 0 Å². The molecule has 0 aromatic heterocycles. The Labute approximate surface area is 213 Å². The number of benzene rings is 2. The van der Waals surface area contributed by atoms with Crippen LogP contribution in [0.25, 0.3) is 0 Å². The fourth-order valence-electron chi connectivity index (χ4n) is 3.84. The van der Waals surface area contributed by atoms with Crippen LogP contribution in [0.1, 0.15) is 63.3 Å². The molecule has 2 rings (SSSR count). The number of carbonyl (C=O) groups excluding carboxylic acids is 1. The molecule has 0 aliphatic heterocycles. The SMILES string of the molecule is CC(C)(CCCc1ccccc1)NC[C@@H](OC(=O)C(F)(F)F)c1cc(CC(C)(C)C(=O)O)cc(F)c1F. The number of ether oxygens (including phenoxy) is 1. The molecule has 0 fully saturated rings. The third-order valence-corrected chi connectivity index (χ3v) is 6.04. The zero-order chi connectivity index (χ0) is 28.0. The van der Waals surface area contributed by atoms with Crippen molar-refractivity contribution in [3.8, 4) is 0 Å². The van der Waals surface area contributed by atoms with Gasteiger partial charge in [0.2, 0.25) is 0 Å². The molecular weight excluding hydrogens is 497 g/mol. The van der Waals surface area contributed by atoms with Crippen LogP contribution in [0.4, 0.5) is 22.0 Å². The van der Waals surface area contributed by atoms with Crippen LogP contribution in [0, 0.1) is 17.0 Å². The van der Waals surface area contributed by atoms with Crippen molar-refractivity contribution in [1.29, 1.82) is 0 Å². The molecule has 37 heavy (non-hydrogen) atoms. The molecule has 1 atom stereocenters. The van der Waals surface area contributed by atoms with Crippen LogP contribution in [0.5, 0.6) is 0 Å². The van der Waals surface area contributed by atoms with E-state index in [4.69, 9.17) is 0 Å². The molecule has 10 heteroatoms. The van der Waals surface area contributed by atoms with E-state index in [9.17, 15) is 36.6 Å². The molecule has 0 heterocycles. The Morgan fingerprint density at radius 1 is 1.00 bits per heavy atom. The third-order valence-electron chi connectivity index (χ3n) is 6.04. The fourth-order valence-corrected chi connectivity index (χ4v) is 3.84. The van der Waals surface area contributed by atoms with Crippen molar-refractivity contribution in [2.75, 3.05) is 6.54 Å². The molecule has 2 N–H and O–H groups in total. The van der Waals surface area contributed by atoms with Gasteiger partial charge in [-0.1, -0.05) is 30.3 Å². The first-order valence-corrected chi connectivity index (χ1v) is 11.8. The van der Waals surface area contributed by atoms with Gasteiger partial charge >= 0.3 is 18.1 Å². The topological polar surface area (TPSA) is 75.6 Å². The predicted molar refractivity (Wildman–Crippen MR) is 128 cm³/mol. The second kappa shape index (κ2) is 12.0. The van der Waals surface area contributed by atoms with Gasteiger partial charge in [0, 0.05) is 17.6 Å². The molecule has 0 aliphatic rings. The van der Waals surface area contributed by atoms with Gasteiger partial charge < -0.3 is 15.2 Å². The summed E-state index contributed by atoms with van der Waals surface area (Å²) < 4.78 is 72.7.